The lowest BCUT2D eigenvalue weighted by molar-refractivity contribution is 0.683. The summed E-state index contributed by atoms with van der Waals surface area (Å²) in [5, 5.41) is 7.62. The maximum absolute atomic E-state index is 5.65. The van der Waals surface area contributed by atoms with Crippen LogP contribution in [0.15, 0.2) is 55.1 Å². The Morgan fingerprint density at radius 3 is 2.59 bits per heavy atom. The number of likely N-dealkylation sites (N-methyl/N-ethyl adjacent to an activating group) is 1. The van der Waals surface area contributed by atoms with E-state index in [0.717, 1.165) is 30.2 Å². The molecule has 0 unspecified atom stereocenters. The van der Waals surface area contributed by atoms with E-state index < -0.39 is 0 Å². The Morgan fingerprint density at radius 1 is 1.09 bits per heavy atom. The van der Waals surface area contributed by atoms with Crippen LogP contribution in [0.25, 0.3) is 17.1 Å². The summed E-state index contributed by atoms with van der Waals surface area (Å²) in [4.78, 5) is 6.40. The standard InChI is InChI=1S/C25H30N6S/c1-17(2)20-8-6-18(3)22(14-20)24-27-28-25(32)31(24)21-9-7-19(4)23(15-21)29(5)12-13-30-11-10-26-16-30/h6-11,14-17H,12-13H2,1-5H3,(H,28,32). The fourth-order valence-electron chi connectivity index (χ4n) is 3.91. The first-order chi connectivity index (χ1) is 15.3. The van der Waals surface area contributed by atoms with E-state index in [2.05, 4.69) is 95.8 Å². The molecule has 0 saturated heterocycles. The molecule has 1 N–H and O–H groups in total. The van der Waals surface area contributed by atoms with Gasteiger partial charge in [-0.05, 0) is 66.9 Å². The number of rotatable bonds is 7. The molecule has 32 heavy (non-hydrogen) atoms. The average Bonchev–Trinajstić information content (AvgIpc) is 3.42. The van der Waals surface area contributed by atoms with Crippen LogP contribution in [-0.4, -0.2) is 37.9 Å². The fourth-order valence-corrected chi connectivity index (χ4v) is 4.15. The number of hydrogen-bond donors (Lipinski definition) is 1. The van der Waals surface area contributed by atoms with Crippen LogP contribution in [0, 0.1) is 18.6 Å². The largest absolute Gasteiger partial charge is 0.373 e. The van der Waals surface area contributed by atoms with Gasteiger partial charge in [-0.1, -0.05) is 32.0 Å². The van der Waals surface area contributed by atoms with Crippen molar-refractivity contribution in [2.24, 2.45) is 0 Å². The van der Waals surface area contributed by atoms with Crippen molar-refractivity contribution < 1.29 is 0 Å². The van der Waals surface area contributed by atoms with E-state index in [1.54, 1.807) is 0 Å². The molecule has 0 aliphatic carbocycles. The van der Waals surface area contributed by atoms with Crippen molar-refractivity contribution in [3.05, 3.63) is 76.6 Å². The topological polar surface area (TPSA) is 54.7 Å². The zero-order valence-corrected chi connectivity index (χ0v) is 20.1. The van der Waals surface area contributed by atoms with Crippen LogP contribution in [0.1, 0.15) is 36.5 Å². The molecular weight excluding hydrogens is 416 g/mol. The second-order valence-electron chi connectivity index (χ2n) is 8.61. The number of aromatic nitrogens is 5. The van der Waals surface area contributed by atoms with Crippen molar-refractivity contribution in [3.8, 4) is 17.1 Å². The zero-order valence-electron chi connectivity index (χ0n) is 19.3. The van der Waals surface area contributed by atoms with Gasteiger partial charge in [0.25, 0.3) is 0 Å². The van der Waals surface area contributed by atoms with E-state index in [9.17, 15) is 0 Å². The van der Waals surface area contributed by atoms with Crippen molar-refractivity contribution >= 4 is 17.9 Å². The average molecular weight is 447 g/mol. The van der Waals surface area contributed by atoms with E-state index in [4.69, 9.17) is 12.2 Å². The van der Waals surface area contributed by atoms with Crippen molar-refractivity contribution in [2.45, 2.75) is 40.2 Å². The summed E-state index contributed by atoms with van der Waals surface area (Å²) in [6.45, 7) is 10.4. The number of anilines is 1. The van der Waals surface area contributed by atoms with E-state index in [1.807, 2.05) is 23.3 Å². The highest BCUT2D eigenvalue weighted by molar-refractivity contribution is 7.71. The first kappa shape index (κ1) is 22.0. The van der Waals surface area contributed by atoms with E-state index in [1.165, 1.54) is 22.4 Å². The first-order valence-electron chi connectivity index (χ1n) is 10.9. The summed E-state index contributed by atoms with van der Waals surface area (Å²) in [5.74, 6) is 1.28. The maximum atomic E-state index is 5.65. The minimum atomic E-state index is 0.444. The molecule has 0 bridgehead atoms. The van der Waals surface area contributed by atoms with Crippen LogP contribution in [0.3, 0.4) is 0 Å². The number of H-pyrrole nitrogens is 1. The van der Waals surface area contributed by atoms with Crippen molar-refractivity contribution in [1.29, 1.82) is 0 Å². The summed E-state index contributed by atoms with van der Waals surface area (Å²) in [6, 6.07) is 13.0. The second kappa shape index (κ2) is 9.12. The summed E-state index contributed by atoms with van der Waals surface area (Å²) in [6.07, 6.45) is 5.65. The molecule has 0 saturated carbocycles. The van der Waals surface area contributed by atoms with Crippen LogP contribution < -0.4 is 4.90 Å². The Balaban J connectivity index is 1.73. The van der Waals surface area contributed by atoms with E-state index >= 15 is 0 Å². The number of aryl methyl sites for hydroxylation is 2. The summed E-state index contributed by atoms with van der Waals surface area (Å²) in [5.41, 5.74) is 6.95. The highest BCUT2D eigenvalue weighted by atomic mass is 32.1. The van der Waals surface area contributed by atoms with Gasteiger partial charge in [-0.2, -0.15) is 5.10 Å². The lowest BCUT2D eigenvalue weighted by Gasteiger charge is -2.23. The molecule has 2 aromatic heterocycles. The lowest BCUT2D eigenvalue weighted by atomic mass is 9.97. The number of imidazole rings is 1. The van der Waals surface area contributed by atoms with Crippen LogP contribution in [0.5, 0.6) is 0 Å². The maximum Gasteiger partial charge on any atom is 0.200 e. The van der Waals surface area contributed by atoms with Crippen LogP contribution in [-0.2, 0) is 6.54 Å². The zero-order chi connectivity index (χ0) is 22.8. The highest BCUT2D eigenvalue weighted by Gasteiger charge is 2.16. The molecule has 4 rings (SSSR count). The summed E-state index contributed by atoms with van der Waals surface area (Å²) in [7, 11) is 2.12. The monoisotopic (exact) mass is 446 g/mol. The predicted octanol–water partition coefficient (Wildman–Crippen LogP) is 5.67. The van der Waals surface area contributed by atoms with Gasteiger partial charge in [0.15, 0.2) is 10.6 Å². The molecule has 0 atom stereocenters. The fraction of sp³-hybridized carbons (Fsp3) is 0.320. The minimum absolute atomic E-state index is 0.444. The van der Waals surface area contributed by atoms with Gasteiger partial charge in [0.05, 0.1) is 12.0 Å². The Labute approximate surface area is 194 Å². The molecule has 2 aromatic carbocycles. The molecule has 0 amide bonds. The van der Waals surface area contributed by atoms with Crippen molar-refractivity contribution in [2.75, 3.05) is 18.5 Å². The number of nitrogens with zero attached hydrogens (tertiary/aromatic N) is 5. The van der Waals surface area contributed by atoms with Gasteiger partial charge in [-0.3, -0.25) is 9.67 Å². The normalized spacial score (nSPS) is 11.3. The number of nitrogens with one attached hydrogen (secondary N) is 1. The predicted molar refractivity (Wildman–Crippen MR) is 133 cm³/mol. The molecule has 6 nitrogen and oxygen atoms in total. The number of hydrogen-bond acceptors (Lipinski definition) is 4. The number of aromatic amines is 1. The number of benzene rings is 2. The van der Waals surface area contributed by atoms with Crippen molar-refractivity contribution in [3.63, 3.8) is 0 Å². The molecule has 2 heterocycles. The van der Waals surface area contributed by atoms with Gasteiger partial charge in [-0.25, -0.2) is 4.98 Å². The third-order valence-electron chi connectivity index (χ3n) is 5.96. The molecule has 166 valence electrons. The minimum Gasteiger partial charge on any atom is -0.373 e. The Bertz CT molecular complexity index is 1270. The molecule has 0 fully saturated rings. The van der Waals surface area contributed by atoms with Crippen LogP contribution in [0.4, 0.5) is 5.69 Å². The molecule has 4 aromatic rings. The van der Waals surface area contributed by atoms with E-state index in [0.29, 0.717) is 10.7 Å². The first-order valence-corrected chi connectivity index (χ1v) is 11.3. The molecule has 0 radical (unpaired) electrons. The Kier molecular flexibility index (Phi) is 6.28. The van der Waals surface area contributed by atoms with Crippen LogP contribution >= 0.6 is 12.2 Å². The van der Waals surface area contributed by atoms with Crippen molar-refractivity contribution in [1.82, 2.24) is 24.3 Å². The quantitative estimate of drug-likeness (QED) is 0.372. The van der Waals surface area contributed by atoms with Gasteiger partial charge in [0.1, 0.15) is 0 Å². The summed E-state index contributed by atoms with van der Waals surface area (Å²) >= 11 is 5.65. The summed E-state index contributed by atoms with van der Waals surface area (Å²) < 4.78 is 4.71. The molecule has 0 aliphatic heterocycles. The Morgan fingerprint density at radius 2 is 1.88 bits per heavy atom. The lowest BCUT2D eigenvalue weighted by Crippen LogP contribution is -2.23. The highest BCUT2D eigenvalue weighted by Crippen LogP contribution is 2.30. The molecule has 0 spiro atoms. The smallest absolute Gasteiger partial charge is 0.200 e. The van der Waals surface area contributed by atoms with Gasteiger partial charge < -0.3 is 9.47 Å². The third kappa shape index (κ3) is 4.39. The van der Waals surface area contributed by atoms with E-state index in [-0.39, 0.29) is 0 Å². The molecule has 7 heteroatoms. The third-order valence-corrected chi connectivity index (χ3v) is 6.23. The van der Waals surface area contributed by atoms with Gasteiger partial charge >= 0.3 is 0 Å². The van der Waals surface area contributed by atoms with Gasteiger partial charge in [0, 0.05) is 43.8 Å². The second-order valence-corrected chi connectivity index (χ2v) is 9.00. The van der Waals surface area contributed by atoms with Gasteiger partial charge in [0.2, 0.25) is 0 Å². The van der Waals surface area contributed by atoms with Crippen LogP contribution in [0.2, 0.25) is 0 Å². The molecule has 0 aliphatic rings. The SMILES string of the molecule is Cc1ccc(C(C)C)cc1-c1n[nH]c(=S)n1-c1ccc(C)c(N(C)CCn2ccnc2)c1. The Hall–Kier alpha value is -3.19. The van der Waals surface area contributed by atoms with Gasteiger partial charge in [-0.15, -0.1) is 0 Å². The molecular formula is C25H30N6S.